The summed E-state index contributed by atoms with van der Waals surface area (Å²) in [5.41, 5.74) is 2.93. The van der Waals surface area contributed by atoms with Crippen molar-refractivity contribution in [3.63, 3.8) is 0 Å². The van der Waals surface area contributed by atoms with Crippen molar-refractivity contribution in [3.05, 3.63) is 28.8 Å². The third-order valence-electron chi connectivity index (χ3n) is 3.22. The Hall–Kier alpha value is -1.55. The molecule has 1 unspecified atom stereocenters. The summed E-state index contributed by atoms with van der Waals surface area (Å²) in [6, 6.07) is 3.82. The first kappa shape index (κ1) is 15.5. The minimum atomic E-state index is -0.560. The zero-order valence-corrected chi connectivity index (χ0v) is 12.0. The van der Waals surface area contributed by atoms with Gasteiger partial charge in [-0.05, 0) is 55.5 Å². The summed E-state index contributed by atoms with van der Waals surface area (Å²) < 4.78 is 9.77. The molecule has 4 nitrogen and oxygen atoms in total. The second-order valence-electron chi connectivity index (χ2n) is 4.66. The Morgan fingerprint density at radius 2 is 1.84 bits per heavy atom. The molecule has 0 heterocycles. The molecule has 0 amide bonds. The van der Waals surface area contributed by atoms with Crippen LogP contribution in [0.5, 0.6) is 5.75 Å². The lowest BCUT2D eigenvalue weighted by molar-refractivity contribution is -0.140. The SMILES string of the molecule is COC(=O)CCCC(O)c1c(C)cc(OC)cc1C. The number of carbonyl (C=O) groups is 1. The van der Waals surface area contributed by atoms with Crippen LogP contribution >= 0.6 is 0 Å². The molecule has 0 aromatic heterocycles. The van der Waals surface area contributed by atoms with E-state index in [-0.39, 0.29) is 5.97 Å². The molecule has 106 valence electrons. The molecule has 1 N–H and O–H groups in total. The summed E-state index contributed by atoms with van der Waals surface area (Å²) in [4.78, 5) is 11.0. The second-order valence-corrected chi connectivity index (χ2v) is 4.66. The van der Waals surface area contributed by atoms with Crippen molar-refractivity contribution in [2.75, 3.05) is 14.2 Å². The van der Waals surface area contributed by atoms with Crippen LogP contribution in [0.15, 0.2) is 12.1 Å². The number of ether oxygens (including phenoxy) is 2. The van der Waals surface area contributed by atoms with Gasteiger partial charge in [0.25, 0.3) is 0 Å². The molecule has 0 saturated carbocycles. The third-order valence-corrected chi connectivity index (χ3v) is 3.22. The van der Waals surface area contributed by atoms with E-state index in [4.69, 9.17) is 4.74 Å². The topological polar surface area (TPSA) is 55.8 Å². The van der Waals surface area contributed by atoms with E-state index in [1.54, 1.807) is 7.11 Å². The number of esters is 1. The van der Waals surface area contributed by atoms with Crippen LogP contribution in [0.2, 0.25) is 0 Å². The molecule has 0 aliphatic heterocycles. The van der Waals surface area contributed by atoms with Gasteiger partial charge in [-0.3, -0.25) is 4.79 Å². The minimum absolute atomic E-state index is 0.240. The van der Waals surface area contributed by atoms with Crippen molar-refractivity contribution in [1.82, 2.24) is 0 Å². The van der Waals surface area contributed by atoms with Gasteiger partial charge in [-0.25, -0.2) is 0 Å². The van der Waals surface area contributed by atoms with Crippen LogP contribution in [0, 0.1) is 13.8 Å². The Balaban J connectivity index is 2.71. The Kier molecular flexibility index (Phi) is 5.83. The van der Waals surface area contributed by atoms with E-state index in [1.807, 2.05) is 26.0 Å². The summed E-state index contributed by atoms with van der Waals surface area (Å²) in [6.45, 7) is 3.91. The number of benzene rings is 1. The van der Waals surface area contributed by atoms with Gasteiger partial charge in [0.05, 0.1) is 20.3 Å². The average molecular weight is 266 g/mol. The summed E-state index contributed by atoms with van der Waals surface area (Å²) >= 11 is 0. The fourth-order valence-electron chi connectivity index (χ4n) is 2.26. The van der Waals surface area contributed by atoms with Crippen LogP contribution in [0.3, 0.4) is 0 Å². The van der Waals surface area contributed by atoms with Crippen molar-refractivity contribution in [3.8, 4) is 5.75 Å². The van der Waals surface area contributed by atoms with E-state index in [9.17, 15) is 9.90 Å². The number of hydrogen-bond acceptors (Lipinski definition) is 4. The molecule has 0 radical (unpaired) electrons. The highest BCUT2D eigenvalue weighted by atomic mass is 16.5. The van der Waals surface area contributed by atoms with Gasteiger partial charge in [-0.15, -0.1) is 0 Å². The van der Waals surface area contributed by atoms with Crippen LogP contribution in [-0.4, -0.2) is 25.3 Å². The first-order valence-electron chi connectivity index (χ1n) is 6.39. The van der Waals surface area contributed by atoms with Gasteiger partial charge in [0.15, 0.2) is 0 Å². The standard InChI is InChI=1S/C15H22O4/c1-10-8-12(18-3)9-11(2)15(10)13(16)6-5-7-14(17)19-4/h8-9,13,16H,5-7H2,1-4H3. The van der Waals surface area contributed by atoms with Crippen molar-refractivity contribution >= 4 is 5.97 Å². The van der Waals surface area contributed by atoms with Crippen LogP contribution in [0.25, 0.3) is 0 Å². The number of hydrogen-bond donors (Lipinski definition) is 1. The number of aliphatic hydroxyl groups excluding tert-OH is 1. The van der Waals surface area contributed by atoms with Gasteiger partial charge in [-0.1, -0.05) is 0 Å². The molecule has 0 fully saturated rings. The average Bonchev–Trinajstić information content (AvgIpc) is 2.37. The van der Waals surface area contributed by atoms with Crippen LogP contribution in [-0.2, 0) is 9.53 Å². The highest BCUT2D eigenvalue weighted by molar-refractivity contribution is 5.69. The zero-order valence-electron chi connectivity index (χ0n) is 12.0. The summed E-state index contributed by atoms with van der Waals surface area (Å²) in [5, 5.41) is 10.2. The van der Waals surface area contributed by atoms with E-state index in [1.165, 1.54) is 7.11 Å². The fraction of sp³-hybridized carbons (Fsp3) is 0.533. The summed E-state index contributed by atoms with van der Waals surface area (Å²) in [5.74, 6) is 0.552. The maximum atomic E-state index is 11.0. The smallest absolute Gasteiger partial charge is 0.305 e. The van der Waals surface area contributed by atoms with E-state index in [0.717, 1.165) is 22.4 Å². The lowest BCUT2D eigenvalue weighted by Crippen LogP contribution is -2.06. The highest BCUT2D eigenvalue weighted by Gasteiger charge is 2.15. The predicted molar refractivity (Wildman–Crippen MR) is 73.3 cm³/mol. The van der Waals surface area contributed by atoms with Crippen LogP contribution in [0.1, 0.15) is 42.1 Å². The lowest BCUT2D eigenvalue weighted by atomic mass is 9.94. The third kappa shape index (κ3) is 4.24. The van der Waals surface area contributed by atoms with Gasteiger partial charge in [0.2, 0.25) is 0 Å². The summed E-state index contributed by atoms with van der Waals surface area (Å²) in [6.07, 6.45) is 0.930. The van der Waals surface area contributed by atoms with E-state index < -0.39 is 6.10 Å². The summed E-state index contributed by atoms with van der Waals surface area (Å²) in [7, 11) is 3.00. The van der Waals surface area contributed by atoms with Gasteiger partial charge in [0.1, 0.15) is 5.75 Å². The van der Waals surface area contributed by atoms with Crippen molar-refractivity contribution in [2.45, 2.75) is 39.2 Å². The number of aryl methyl sites for hydroxylation is 2. The number of aliphatic hydroxyl groups is 1. The molecule has 1 aromatic carbocycles. The predicted octanol–water partition coefficient (Wildman–Crippen LogP) is 2.69. The molecule has 1 atom stereocenters. The first-order valence-corrected chi connectivity index (χ1v) is 6.39. The van der Waals surface area contributed by atoms with Crippen molar-refractivity contribution in [1.29, 1.82) is 0 Å². The van der Waals surface area contributed by atoms with Crippen LogP contribution < -0.4 is 4.74 Å². The molecule has 0 saturated heterocycles. The van der Waals surface area contributed by atoms with E-state index in [0.29, 0.717) is 19.3 Å². The zero-order chi connectivity index (χ0) is 14.4. The Labute approximate surface area is 114 Å². The normalized spacial score (nSPS) is 12.1. The van der Waals surface area contributed by atoms with Crippen molar-refractivity contribution in [2.24, 2.45) is 0 Å². The van der Waals surface area contributed by atoms with Gasteiger partial charge in [0, 0.05) is 6.42 Å². The molecular formula is C15H22O4. The Morgan fingerprint density at radius 1 is 1.26 bits per heavy atom. The van der Waals surface area contributed by atoms with Crippen molar-refractivity contribution < 1.29 is 19.4 Å². The van der Waals surface area contributed by atoms with Gasteiger partial charge >= 0.3 is 5.97 Å². The van der Waals surface area contributed by atoms with E-state index in [2.05, 4.69) is 4.74 Å². The molecule has 0 aliphatic carbocycles. The Bertz CT molecular complexity index is 417. The fourth-order valence-corrected chi connectivity index (χ4v) is 2.26. The number of methoxy groups -OCH3 is 2. The van der Waals surface area contributed by atoms with E-state index >= 15 is 0 Å². The monoisotopic (exact) mass is 266 g/mol. The highest BCUT2D eigenvalue weighted by Crippen LogP contribution is 2.29. The number of carbonyl (C=O) groups excluding carboxylic acids is 1. The molecule has 1 rings (SSSR count). The maximum absolute atomic E-state index is 11.0. The molecular weight excluding hydrogens is 244 g/mol. The maximum Gasteiger partial charge on any atom is 0.305 e. The second kappa shape index (κ2) is 7.14. The molecule has 0 bridgehead atoms. The first-order chi connectivity index (χ1) is 8.99. The molecule has 1 aromatic rings. The molecule has 19 heavy (non-hydrogen) atoms. The molecule has 0 spiro atoms. The molecule has 4 heteroatoms. The lowest BCUT2D eigenvalue weighted by Gasteiger charge is -2.17. The Morgan fingerprint density at radius 3 is 2.32 bits per heavy atom. The number of rotatable bonds is 6. The minimum Gasteiger partial charge on any atom is -0.497 e. The van der Waals surface area contributed by atoms with Crippen LogP contribution in [0.4, 0.5) is 0 Å². The quantitative estimate of drug-likeness (QED) is 0.804. The molecule has 0 aliphatic rings. The largest absolute Gasteiger partial charge is 0.497 e. The van der Waals surface area contributed by atoms with Gasteiger partial charge < -0.3 is 14.6 Å². The van der Waals surface area contributed by atoms with Gasteiger partial charge in [-0.2, -0.15) is 0 Å².